The normalized spacial score (nSPS) is 13.5. The van der Waals surface area contributed by atoms with Gasteiger partial charge in [0.25, 0.3) is 0 Å². The summed E-state index contributed by atoms with van der Waals surface area (Å²) in [6.45, 7) is 0. The summed E-state index contributed by atoms with van der Waals surface area (Å²) in [5.74, 6) is 1.89. The summed E-state index contributed by atoms with van der Waals surface area (Å²) in [4.78, 5) is 0. The fraction of sp³-hybridized carbons (Fsp3) is 0.294. The second-order valence-corrected chi connectivity index (χ2v) is 7.54. The van der Waals surface area contributed by atoms with E-state index in [0.717, 1.165) is 25.5 Å². The maximum absolute atomic E-state index is 6.35. The van der Waals surface area contributed by atoms with Crippen LogP contribution in [0.2, 0.25) is 10.0 Å². The van der Waals surface area contributed by atoms with E-state index < -0.39 is 0 Å². The largest absolute Gasteiger partial charge is 0.494 e. The van der Waals surface area contributed by atoms with E-state index in [4.69, 9.17) is 32.7 Å². The van der Waals surface area contributed by atoms with Crippen molar-refractivity contribution in [3.63, 3.8) is 0 Å². The van der Waals surface area contributed by atoms with Gasteiger partial charge in [0.2, 0.25) is 0 Å². The standard InChI is InChI=1S/C17H17Cl2IN2O2/c1-23-16-6-11(18)10(9-3-4-9)5-14(16)21-22-15-8-13(20)12(19)7-17(15)24-2/h5-9,21-22H,3-4H2,1-2H3. The molecule has 2 aromatic carbocycles. The first-order valence-corrected chi connectivity index (χ1v) is 9.29. The summed E-state index contributed by atoms with van der Waals surface area (Å²) >= 11 is 14.7. The highest BCUT2D eigenvalue weighted by atomic mass is 127. The molecule has 4 nitrogen and oxygen atoms in total. The number of halogens is 3. The Hall–Kier alpha value is -1.05. The summed E-state index contributed by atoms with van der Waals surface area (Å²) in [5.41, 5.74) is 9.13. The van der Waals surface area contributed by atoms with Gasteiger partial charge in [-0.2, -0.15) is 0 Å². The van der Waals surface area contributed by atoms with Crippen LogP contribution < -0.4 is 20.3 Å². The number of nitrogens with one attached hydrogen (secondary N) is 2. The van der Waals surface area contributed by atoms with E-state index in [1.54, 1.807) is 20.3 Å². The molecule has 0 amide bonds. The van der Waals surface area contributed by atoms with Crippen LogP contribution in [0.4, 0.5) is 11.4 Å². The Morgan fingerprint density at radius 1 is 0.917 bits per heavy atom. The lowest BCUT2D eigenvalue weighted by molar-refractivity contribution is 0.415. The maximum Gasteiger partial charge on any atom is 0.145 e. The van der Waals surface area contributed by atoms with Gasteiger partial charge in [-0.05, 0) is 59.0 Å². The molecule has 0 aromatic heterocycles. The van der Waals surface area contributed by atoms with Crippen LogP contribution in [-0.2, 0) is 0 Å². The third-order valence-corrected chi connectivity index (χ3v) is 5.76. The van der Waals surface area contributed by atoms with Crippen molar-refractivity contribution in [2.75, 3.05) is 25.1 Å². The maximum atomic E-state index is 6.35. The minimum Gasteiger partial charge on any atom is -0.494 e. The van der Waals surface area contributed by atoms with Crippen molar-refractivity contribution in [3.05, 3.63) is 43.4 Å². The lowest BCUT2D eigenvalue weighted by atomic mass is 10.1. The van der Waals surface area contributed by atoms with Gasteiger partial charge in [0.15, 0.2) is 0 Å². The summed E-state index contributed by atoms with van der Waals surface area (Å²) < 4.78 is 11.7. The molecule has 24 heavy (non-hydrogen) atoms. The average molecular weight is 479 g/mol. The Kier molecular flexibility index (Phi) is 5.52. The van der Waals surface area contributed by atoms with Gasteiger partial charge < -0.3 is 9.47 Å². The van der Waals surface area contributed by atoms with E-state index in [1.165, 1.54) is 12.8 Å². The smallest absolute Gasteiger partial charge is 0.145 e. The summed E-state index contributed by atoms with van der Waals surface area (Å²) in [5, 5.41) is 1.40. The second kappa shape index (κ2) is 7.45. The molecule has 0 radical (unpaired) electrons. The number of benzene rings is 2. The Bertz CT molecular complexity index is 767. The molecule has 0 spiro atoms. The molecule has 0 aliphatic heterocycles. The molecule has 0 bridgehead atoms. The molecule has 7 heteroatoms. The van der Waals surface area contributed by atoms with Crippen LogP contribution in [0.5, 0.6) is 11.5 Å². The first-order valence-electron chi connectivity index (χ1n) is 7.46. The van der Waals surface area contributed by atoms with Gasteiger partial charge in [-0.25, -0.2) is 0 Å². The Morgan fingerprint density at radius 3 is 2.00 bits per heavy atom. The van der Waals surface area contributed by atoms with Gasteiger partial charge in [-0.1, -0.05) is 23.2 Å². The monoisotopic (exact) mass is 478 g/mol. The molecule has 2 N–H and O–H groups in total. The fourth-order valence-electron chi connectivity index (χ4n) is 2.48. The number of hydrogen-bond donors (Lipinski definition) is 2. The van der Waals surface area contributed by atoms with Crippen molar-refractivity contribution in [2.45, 2.75) is 18.8 Å². The fourth-order valence-corrected chi connectivity index (χ4v) is 3.40. The predicted octanol–water partition coefficient (Wildman–Crippen LogP) is 5.93. The minimum absolute atomic E-state index is 0.551. The number of methoxy groups -OCH3 is 2. The predicted molar refractivity (Wildman–Crippen MR) is 108 cm³/mol. The van der Waals surface area contributed by atoms with E-state index in [1.807, 2.05) is 18.2 Å². The Balaban J connectivity index is 1.86. The van der Waals surface area contributed by atoms with E-state index in [-0.39, 0.29) is 0 Å². The zero-order chi connectivity index (χ0) is 17.3. The summed E-state index contributed by atoms with van der Waals surface area (Å²) in [6.07, 6.45) is 2.37. The Labute approximate surface area is 164 Å². The first-order chi connectivity index (χ1) is 11.5. The third-order valence-electron chi connectivity index (χ3n) is 3.91. The zero-order valence-electron chi connectivity index (χ0n) is 13.3. The molecular weight excluding hydrogens is 462 g/mol. The van der Waals surface area contributed by atoms with Crippen molar-refractivity contribution >= 4 is 57.2 Å². The number of anilines is 2. The van der Waals surface area contributed by atoms with Crippen LogP contribution in [-0.4, -0.2) is 14.2 Å². The third kappa shape index (κ3) is 3.78. The number of hydrogen-bond acceptors (Lipinski definition) is 4. The van der Waals surface area contributed by atoms with Gasteiger partial charge in [0, 0.05) is 20.7 Å². The van der Waals surface area contributed by atoms with Crippen LogP contribution >= 0.6 is 45.8 Å². The van der Waals surface area contributed by atoms with Crippen molar-refractivity contribution in [1.29, 1.82) is 0 Å². The van der Waals surface area contributed by atoms with Crippen LogP contribution in [0.3, 0.4) is 0 Å². The van der Waals surface area contributed by atoms with Crippen molar-refractivity contribution in [1.82, 2.24) is 0 Å². The number of ether oxygens (including phenoxy) is 2. The molecule has 128 valence electrons. The lowest BCUT2D eigenvalue weighted by Crippen LogP contribution is -2.11. The van der Waals surface area contributed by atoms with Gasteiger partial charge in [0.1, 0.15) is 11.5 Å². The van der Waals surface area contributed by atoms with Crippen LogP contribution in [0, 0.1) is 3.57 Å². The van der Waals surface area contributed by atoms with E-state index in [9.17, 15) is 0 Å². The quantitative estimate of drug-likeness (QED) is 0.398. The lowest BCUT2D eigenvalue weighted by Gasteiger charge is -2.17. The second-order valence-electron chi connectivity index (χ2n) is 5.56. The highest BCUT2D eigenvalue weighted by Crippen LogP contribution is 2.46. The van der Waals surface area contributed by atoms with Crippen molar-refractivity contribution < 1.29 is 9.47 Å². The van der Waals surface area contributed by atoms with E-state index in [2.05, 4.69) is 33.4 Å². The molecule has 0 unspecified atom stereocenters. The molecule has 1 saturated carbocycles. The van der Waals surface area contributed by atoms with Gasteiger partial charge in [-0.15, -0.1) is 0 Å². The molecule has 1 aliphatic carbocycles. The van der Waals surface area contributed by atoms with E-state index in [0.29, 0.717) is 22.4 Å². The molecule has 1 fully saturated rings. The Morgan fingerprint density at radius 2 is 1.46 bits per heavy atom. The van der Waals surface area contributed by atoms with Gasteiger partial charge in [-0.3, -0.25) is 10.9 Å². The zero-order valence-corrected chi connectivity index (χ0v) is 16.9. The topological polar surface area (TPSA) is 42.5 Å². The van der Waals surface area contributed by atoms with E-state index >= 15 is 0 Å². The van der Waals surface area contributed by atoms with Crippen molar-refractivity contribution in [2.24, 2.45) is 0 Å². The van der Waals surface area contributed by atoms with Crippen LogP contribution in [0.15, 0.2) is 24.3 Å². The molecular formula is C17H17Cl2IN2O2. The molecule has 1 aliphatic rings. The number of hydrazine groups is 1. The molecule has 2 aromatic rings. The average Bonchev–Trinajstić information content (AvgIpc) is 3.40. The van der Waals surface area contributed by atoms with Gasteiger partial charge >= 0.3 is 0 Å². The van der Waals surface area contributed by atoms with Crippen molar-refractivity contribution in [3.8, 4) is 11.5 Å². The summed E-state index contributed by atoms with van der Waals surface area (Å²) in [7, 11) is 3.23. The molecule has 3 rings (SSSR count). The molecule has 0 atom stereocenters. The minimum atomic E-state index is 0.551. The molecule has 0 saturated heterocycles. The summed E-state index contributed by atoms with van der Waals surface area (Å²) in [6, 6.07) is 7.59. The van der Waals surface area contributed by atoms with Gasteiger partial charge in [0.05, 0.1) is 30.6 Å². The SMILES string of the molecule is COc1cc(Cl)c(I)cc1NNc1cc(C2CC2)c(Cl)cc1OC. The molecule has 0 heterocycles. The van der Waals surface area contributed by atoms with Crippen LogP contribution in [0.1, 0.15) is 24.3 Å². The highest BCUT2D eigenvalue weighted by molar-refractivity contribution is 14.1. The first kappa shape index (κ1) is 17.8. The van der Waals surface area contributed by atoms with Crippen LogP contribution in [0.25, 0.3) is 0 Å². The highest BCUT2D eigenvalue weighted by Gasteiger charge is 2.27. The number of rotatable bonds is 6.